The summed E-state index contributed by atoms with van der Waals surface area (Å²) in [5.41, 5.74) is 6.54. The first-order valence-corrected chi connectivity index (χ1v) is 20.6. The van der Waals surface area contributed by atoms with E-state index in [-0.39, 0.29) is 31.3 Å². The predicted octanol–water partition coefficient (Wildman–Crippen LogP) is 7.86. The number of esters is 1. The van der Waals surface area contributed by atoms with Crippen LogP contribution in [0.3, 0.4) is 0 Å². The number of ether oxygens (including phenoxy) is 3. The molecule has 308 valence electrons. The zero-order valence-corrected chi connectivity index (χ0v) is 34.2. The van der Waals surface area contributed by atoms with Crippen LogP contribution >= 0.6 is 11.6 Å². The van der Waals surface area contributed by atoms with E-state index < -0.39 is 29.9 Å². The van der Waals surface area contributed by atoms with Gasteiger partial charge in [0.15, 0.2) is 6.29 Å². The van der Waals surface area contributed by atoms with E-state index in [2.05, 4.69) is 22.5 Å². The van der Waals surface area contributed by atoms with Gasteiger partial charge in [-0.3, -0.25) is 0 Å². The van der Waals surface area contributed by atoms with Gasteiger partial charge < -0.3 is 40.0 Å². The zero-order valence-electron chi connectivity index (χ0n) is 33.4. The number of piperidine rings is 1. The minimum atomic E-state index is -0.896. The molecular formula is C48H52ClN3O7. The van der Waals surface area contributed by atoms with E-state index in [1.165, 1.54) is 7.11 Å². The summed E-state index contributed by atoms with van der Waals surface area (Å²) in [5, 5.41) is 27.5. The fraction of sp³-hybridized carbons (Fsp3) is 0.333. The van der Waals surface area contributed by atoms with E-state index in [9.17, 15) is 19.8 Å². The largest absolute Gasteiger partial charge is 0.467 e. The van der Waals surface area contributed by atoms with Crippen LogP contribution in [0.4, 0.5) is 4.79 Å². The summed E-state index contributed by atoms with van der Waals surface area (Å²) >= 11 is 6.12. The highest BCUT2D eigenvalue weighted by Gasteiger charge is 2.41. The van der Waals surface area contributed by atoms with Crippen LogP contribution in [0.1, 0.15) is 65.5 Å². The van der Waals surface area contributed by atoms with Gasteiger partial charge in [0.05, 0.1) is 31.5 Å². The number of amides is 2. The van der Waals surface area contributed by atoms with Crippen LogP contribution in [-0.2, 0) is 44.2 Å². The maximum atomic E-state index is 12.9. The summed E-state index contributed by atoms with van der Waals surface area (Å²) in [4.78, 5) is 27.7. The van der Waals surface area contributed by atoms with Crippen LogP contribution in [0.5, 0.6) is 0 Å². The fourth-order valence-electron chi connectivity index (χ4n) is 8.01. The molecule has 0 aliphatic carbocycles. The maximum absolute atomic E-state index is 12.9. The monoisotopic (exact) mass is 817 g/mol. The van der Waals surface area contributed by atoms with Crippen molar-refractivity contribution < 1.29 is 34.0 Å². The minimum Gasteiger partial charge on any atom is -0.467 e. The number of urea groups is 1. The molecule has 0 saturated carbocycles. The maximum Gasteiger partial charge on any atom is 0.328 e. The standard InChI is InChI=1S/C48H52ClN3O7/c1-32-43(30-52-25-23-48(56,24-26-52)40-19-21-41(49)22-20-40)58-46(59-44(32)37-13-11-34(31-53)12-14-37)38-17-15-36(16-18-38)39-10-6-9-35(27-39)29-50-47(55)51-42(45(54)57-2)28-33-7-4-3-5-8-33/h3-22,27,32,42-44,46,53,56H,23-26,28-31H2,1-2H3,(H2,50,51,55). The lowest BCUT2D eigenvalue weighted by molar-refractivity contribution is -0.277. The number of nitrogens with one attached hydrogen (secondary N) is 2. The smallest absolute Gasteiger partial charge is 0.328 e. The van der Waals surface area contributed by atoms with Crippen LogP contribution in [0.15, 0.2) is 127 Å². The van der Waals surface area contributed by atoms with E-state index in [1.54, 1.807) is 0 Å². The number of nitrogens with zero attached hydrogens (tertiary/aromatic N) is 1. The number of benzene rings is 5. The fourth-order valence-corrected chi connectivity index (χ4v) is 8.13. The molecule has 2 amide bonds. The third kappa shape index (κ3) is 10.6. The number of likely N-dealkylation sites (tertiary alicyclic amines) is 1. The number of aliphatic hydroxyl groups excluding tert-OH is 1. The number of halogens is 1. The van der Waals surface area contributed by atoms with Crippen LogP contribution in [0.25, 0.3) is 11.1 Å². The Balaban J connectivity index is 1.01. The second-order valence-corrected chi connectivity index (χ2v) is 16.0. The highest BCUT2D eigenvalue weighted by molar-refractivity contribution is 6.30. The molecule has 7 rings (SSSR count). The number of hydrogen-bond donors (Lipinski definition) is 4. The summed E-state index contributed by atoms with van der Waals surface area (Å²) in [6, 6.07) is 39.7. The van der Waals surface area contributed by atoms with Gasteiger partial charge in [-0.05, 0) is 70.0 Å². The molecule has 0 radical (unpaired) electrons. The lowest BCUT2D eigenvalue weighted by Crippen LogP contribution is -2.49. The van der Waals surface area contributed by atoms with Crippen LogP contribution in [0, 0.1) is 5.92 Å². The Morgan fingerprint density at radius 3 is 2.19 bits per heavy atom. The Hall–Kier alpha value is -5.07. The summed E-state index contributed by atoms with van der Waals surface area (Å²) < 4.78 is 18.5. The van der Waals surface area contributed by atoms with Gasteiger partial charge in [0, 0.05) is 49.1 Å². The number of hydrogen-bond acceptors (Lipinski definition) is 8. The van der Waals surface area contributed by atoms with Crippen LogP contribution < -0.4 is 10.6 Å². The summed E-state index contributed by atoms with van der Waals surface area (Å²) in [6.45, 7) is 4.54. The third-order valence-electron chi connectivity index (χ3n) is 11.6. The highest BCUT2D eigenvalue weighted by Crippen LogP contribution is 2.43. The zero-order chi connectivity index (χ0) is 41.4. The van der Waals surface area contributed by atoms with Crippen molar-refractivity contribution in [3.8, 4) is 11.1 Å². The molecular weight excluding hydrogens is 766 g/mol. The molecule has 2 fully saturated rings. The van der Waals surface area contributed by atoms with Crippen molar-refractivity contribution >= 4 is 23.6 Å². The van der Waals surface area contributed by atoms with Crippen molar-refractivity contribution in [2.75, 3.05) is 26.7 Å². The molecule has 4 N–H and O–H groups in total. The van der Waals surface area contributed by atoms with Gasteiger partial charge in [-0.25, -0.2) is 9.59 Å². The van der Waals surface area contributed by atoms with Gasteiger partial charge in [0.1, 0.15) is 6.04 Å². The van der Waals surface area contributed by atoms with Crippen LogP contribution in [-0.4, -0.2) is 66.0 Å². The molecule has 5 aromatic rings. The molecule has 0 bridgehead atoms. The Morgan fingerprint density at radius 1 is 0.831 bits per heavy atom. The first-order chi connectivity index (χ1) is 28.6. The van der Waals surface area contributed by atoms with Crippen molar-refractivity contribution in [2.24, 2.45) is 5.92 Å². The molecule has 5 unspecified atom stereocenters. The predicted molar refractivity (Wildman–Crippen MR) is 227 cm³/mol. The SMILES string of the molecule is COC(=O)C(Cc1ccccc1)NC(=O)NCc1cccc(-c2ccc(C3OC(CN4CCC(O)(c5ccc(Cl)cc5)CC4)C(C)C(c4ccc(CO)cc4)O3)cc2)c1. The number of aliphatic hydroxyl groups is 2. The van der Waals surface area contributed by atoms with Crippen molar-refractivity contribution in [3.05, 3.63) is 166 Å². The Kier molecular flexibility index (Phi) is 13.8. The third-order valence-corrected chi connectivity index (χ3v) is 11.8. The van der Waals surface area contributed by atoms with E-state index in [0.717, 1.165) is 57.6 Å². The quantitative estimate of drug-likeness (QED) is 0.0885. The molecule has 0 spiro atoms. The van der Waals surface area contributed by atoms with Gasteiger partial charge in [-0.15, -0.1) is 0 Å². The van der Waals surface area contributed by atoms with Crippen molar-refractivity contribution in [1.82, 2.24) is 15.5 Å². The first kappa shape index (κ1) is 42.1. The van der Waals surface area contributed by atoms with Gasteiger partial charge >= 0.3 is 12.0 Å². The Labute approximate surface area is 351 Å². The van der Waals surface area contributed by atoms with Crippen molar-refractivity contribution in [3.63, 3.8) is 0 Å². The first-order valence-electron chi connectivity index (χ1n) is 20.2. The minimum absolute atomic E-state index is 0.0243. The van der Waals surface area contributed by atoms with E-state index in [0.29, 0.717) is 30.8 Å². The molecule has 2 saturated heterocycles. The molecule has 2 aliphatic heterocycles. The summed E-state index contributed by atoms with van der Waals surface area (Å²) in [7, 11) is 1.31. The Bertz CT molecular complexity index is 2140. The van der Waals surface area contributed by atoms with Gasteiger partial charge in [0.2, 0.25) is 0 Å². The summed E-state index contributed by atoms with van der Waals surface area (Å²) in [6.07, 6.45) is 0.520. The molecule has 11 heteroatoms. The second kappa shape index (κ2) is 19.3. The van der Waals surface area contributed by atoms with Crippen molar-refractivity contribution in [2.45, 2.75) is 69.5 Å². The van der Waals surface area contributed by atoms with Crippen molar-refractivity contribution in [1.29, 1.82) is 0 Å². The second-order valence-electron chi connectivity index (χ2n) is 15.6. The van der Waals surface area contributed by atoms with Crippen LogP contribution in [0.2, 0.25) is 5.02 Å². The number of carbonyl (C=O) groups is 2. The molecule has 5 atom stereocenters. The average Bonchev–Trinajstić information content (AvgIpc) is 3.27. The van der Waals surface area contributed by atoms with E-state index >= 15 is 0 Å². The normalized spacial score (nSPS) is 21.0. The molecule has 10 nitrogen and oxygen atoms in total. The number of carbonyl (C=O) groups excluding carboxylic acids is 2. The van der Waals surface area contributed by atoms with Gasteiger partial charge in [-0.1, -0.05) is 128 Å². The average molecular weight is 818 g/mol. The lowest BCUT2D eigenvalue weighted by Gasteiger charge is -2.45. The Morgan fingerprint density at radius 2 is 1.51 bits per heavy atom. The number of rotatable bonds is 13. The number of methoxy groups -OCH3 is 1. The van der Waals surface area contributed by atoms with Gasteiger partial charge in [-0.2, -0.15) is 0 Å². The highest BCUT2D eigenvalue weighted by atomic mass is 35.5. The van der Waals surface area contributed by atoms with E-state index in [1.807, 2.05) is 127 Å². The molecule has 2 aliphatic rings. The molecule has 5 aromatic carbocycles. The molecule has 2 heterocycles. The van der Waals surface area contributed by atoms with E-state index in [4.69, 9.17) is 25.8 Å². The van der Waals surface area contributed by atoms with Gasteiger partial charge in [0.25, 0.3) is 0 Å². The molecule has 59 heavy (non-hydrogen) atoms. The lowest BCUT2D eigenvalue weighted by atomic mass is 9.84. The molecule has 0 aromatic heterocycles. The topological polar surface area (TPSA) is 130 Å². The summed E-state index contributed by atoms with van der Waals surface area (Å²) in [5.74, 6) is -0.488.